The van der Waals surface area contributed by atoms with Crippen LogP contribution in [-0.4, -0.2) is 29.0 Å². The van der Waals surface area contributed by atoms with E-state index >= 15 is 0 Å². The van der Waals surface area contributed by atoms with Gasteiger partial charge in [0.2, 0.25) is 5.24 Å². The molecule has 7 nitrogen and oxygen atoms in total. The highest BCUT2D eigenvalue weighted by Gasteiger charge is 2.05. The first kappa shape index (κ1) is 17.7. The van der Waals surface area contributed by atoms with Crippen molar-refractivity contribution >= 4 is 22.9 Å². The van der Waals surface area contributed by atoms with Crippen LogP contribution >= 0.6 is 11.6 Å². The standard InChI is InChI=1S/C13H15ClO7/c14-13(15)4-2-10-1-3-11(5-7-18-20-16)12(9-10)6-8-19-21-17/h1-4,9,16-17H,5-8H2/b4-2+. The molecule has 21 heavy (non-hydrogen) atoms. The van der Waals surface area contributed by atoms with Gasteiger partial charge in [-0.15, -0.1) is 0 Å². The fourth-order valence-corrected chi connectivity index (χ4v) is 1.83. The van der Waals surface area contributed by atoms with Crippen molar-refractivity contribution in [1.82, 2.24) is 0 Å². The van der Waals surface area contributed by atoms with E-state index < -0.39 is 5.24 Å². The smallest absolute Gasteiger partial charge is 0.245 e. The van der Waals surface area contributed by atoms with Crippen LogP contribution in [0.15, 0.2) is 24.3 Å². The first-order valence-electron chi connectivity index (χ1n) is 6.02. The van der Waals surface area contributed by atoms with Gasteiger partial charge in [0.25, 0.3) is 0 Å². The van der Waals surface area contributed by atoms with E-state index in [-0.39, 0.29) is 13.2 Å². The van der Waals surface area contributed by atoms with Crippen molar-refractivity contribution in [3.8, 4) is 0 Å². The van der Waals surface area contributed by atoms with Gasteiger partial charge < -0.3 is 0 Å². The Morgan fingerprint density at radius 3 is 2.29 bits per heavy atom. The van der Waals surface area contributed by atoms with Crippen LogP contribution in [0.3, 0.4) is 0 Å². The highest BCUT2D eigenvalue weighted by Crippen LogP contribution is 2.16. The van der Waals surface area contributed by atoms with Gasteiger partial charge in [0.05, 0.1) is 13.2 Å². The molecule has 0 radical (unpaired) electrons. The molecule has 0 aromatic heterocycles. The second-order valence-electron chi connectivity index (χ2n) is 3.96. The molecular formula is C13H15ClO7. The molecule has 2 N–H and O–H groups in total. The molecule has 1 aromatic carbocycles. The lowest BCUT2D eigenvalue weighted by atomic mass is 9.99. The van der Waals surface area contributed by atoms with Crippen molar-refractivity contribution in [3.05, 3.63) is 41.0 Å². The zero-order valence-corrected chi connectivity index (χ0v) is 11.8. The molecule has 1 aromatic rings. The van der Waals surface area contributed by atoms with Crippen molar-refractivity contribution in [2.24, 2.45) is 0 Å². The number of hydrogen-bond donors (Lipinski definition) is 2. The Morgan fingerprint density at radius 1 is 1.10 bits per heavy atom. The summed E-state index contributed by atoms with van der Waals surface area (Å²) in [5.74, 6) is 0. The van der Waals surface area contributed by atoms with Gasteiger partial charge in [-0.2, -0.15) is 0 Å². The summed E-state index contributed by atoms with van der Waals surface area (Å²) < 4.78 is 0. The number of allylic oxidation sites excluding steroid dienone is 1. The normalized spacial score (nSPS) is 11.2. The van der Waals surface area contributed by atoms with E-state index in [0.29, 0.717) is 12.8 Å². The van der Waals surface area contributed by atoms with E-state index in [0.717, 1.165) is 16.7 Å². The predicted octanol–water partition coefficient (Wildman–Crippen LogP) is 2.39. The number of carbonyl (C=O) groups is 1. The average molecular weight is 319 g/mol. The van der Waals surface area contributed by atoms with E-state index in [9.17, 15) is 4.79 Å². The third-order valence-electron chi connectivity index (χ3n) is 2.65. The summed E-state index contributed by atoms with van der Waals surface area (Å²) in [7, 11) is 0. The second kappa shape index (κ2) is 10.4. The number of hydrogen-bond acceptors (Lipinski definition) is 7. The fourth-order valence-electron chi connectivity index (χ4n) is 1.77. The first-order valence-corrected chi connectivity index (χ1v) is 6.40. The zero-order chi connectivity index (χ0) is 15.5. The summed E-state index contributed by atoms with van der Waals surface area (Å²) in [4.78, 5) is 19.5. The molecule has 0 spiro atoms. The van der Waals surface area contributed by atoms with Crippen molar-refractivity contribution in [2.75, 3.05) is 13.2 Å². The topological polar surface area (TPSA) is 94.5 Å². The Labute approximate surface area is 126 Å². The van der Waals surface area contributed by atoms with Crippen LogP contribution < -0.4 is 0 Å². The van der Waals surface area contributed by atoms with Gasteiger partial charge >= 0.3 is 0 Å². The third kappa shape index (κ3) is 7.30. The zero-order valence-electron chi connectivity index (χ0n) is 11.0. The lowest BCUT2D eigenvalue weighted by Gasteiger charge is -2.10. The molecule has 0 fully saturated rings. The van der Waals surface area contributed by atoms with Crippen LogP contribution in [0, 0.1) is 0 Å². The van der Waals surface area contributed by atoms with Gasteiger partial charge in [-0.25, -0.2) is 20.3 Å². The Balaban J connectivity index is 2.82. The minimum absolute atomic E-state index is 0.141. The van der Waals surface area contributed by atoms with Crippen molar-refractivity contribution < 1.29 is 35.2 Å². The highest BCUT2D eigenvalue weighted by molar-refractivity contribution is 6.66. The predicted molar refractivity (Wildman–Crippen MR) is 73.1 cm³/mol. The molecule has 0 heterocycles. The minimum atomic E-state index is -0.564. The van der Waals surface area contributed by atoms with Crippen molar-refractivity contribution in [2.45, 2.75) is 12.8 Å². The van der Waals surface area contributed by atoms with E-state index in [4.69, 9.17) is 22.1 Å². The SMILES string of the molecule is O=C(Cl)/C=C/c1ccc(CCOOO)c(CCOOO)c1. The van der Waals surface area contributed by atoms with Crippen molar-refractivity contribution in [3.63, 3.8) is 0 Å². The van der Waals surface area contributed by atoms with E-state index in [1.807, 2.05) is 12.1 Å². The van der Waals surface area contributed by atoms with Crippen LogP contribution in [0.5, 0.6) is 0 Å². The second-order valence-corrected chi connectivity index (χ2v) is 4.33. The maximum Gasteiger partial charge on any atom is 0.245 e. The van der Waals surface area contributed by atoms with Crippen LogP contribution in [0.1, 0.15) is 16.7 Å². The third-order valence-corrected chi connectivity index (χ3v) is 2.78. The van der Waals surface area contributed by atoms with Gasteiger partial charge in [-0.1, -0.05) is 34.4 Å². The average Bonchev–Trinajstić information content (AvgIpc) is 2.47. The van der Waals surface area contributed by atoms with Crippen LogP contribution in [0.4, 0.5) is 0 Å². The number of benzene rings is 1. The Bertz CT molecular complexity index is 476. The molecule has 0 aliphatic carbocycles. The Hall–Kier alpha value is -1.32. The molecule has 0 saturated heterocycles. The maximum atomic E-state index is 10.7. The first-order chi connectivity index (χ1) is 10.2. The van der Waals surface area contributed by atoms with Crippen molar-refractivity contribution in [1.29, 1.82) is 0 Å². The van der Waals surface area contributed by atoms with E-state index in [2.05, 4.69) is 19.9 Å². The Morgan fingerprint density at radius 2 is 1.71 bits per heavy atom. The summed E-state index contributed by atoms with van der Waals surface area (Å²) in [6, 6.07) is 5.48. The number of carbonyl (C=O) groups excluding carboxylic acids is 1. The van der Waals surface area contributed by atoms with Gasteiger partial charge in [-0.05, 0) is 47.2 Å². The molecule has 0 saturated carbocycles. The summed E-state index contributed by atoms with van der Waals surface area (Å²) in [6.45, 7) is 0.304. The summed E-state index contributed by atoms with van der Waals surface area (Å²) >= 11 is 5.24. The lowest BCUT2D eigenvalue weighted by molar-refractivity contribution is -0.490. The van der Waals surface area contributed by atoms with Gasteiger partial charge in [-0.3, -0.25) is 4.79 Å². The summed E-state index contributed by atoms with van der Waals surface area (Å²) in [5.41, 5.74) is 2.62. The molecule has 0 unspecified atom stereocenters. The highest BCUT2D eigenvalue weighted by atomic mass is 35.5. The minimum Gasteiger partial charge on any atom is -0.276 e. The molecule has 0 bridgehead atoms. The van der Waals surface area contributed by atoms with Gasteiger partial charge in [0.1, 0.15) is 0 Å². The molecule has 8 heteroatoms. The molecule has 0 amide bonds. The fraction of sp³-hybridized carbons (Fsp3) is 0.308. The quantitative estimate of drug-likeness (QED) is 0.225. The maximum absolute atomic E-state index is 10.7. The van der Waals surface area contributed by atoms with Crippen LogP contribution in [0.25, 0.3) is 6.08 Å². The number of rotatable bonds is 10. The molecule has 0 aliphatic rings. The van der Waals surface area contributed by atoms with E-state index in [1.54, 1.807) is 12.1 Å². The molecule has 116 valence electrons. The summed E-state index contributed by atoms with van der Waals surface area (Å²) in [6.07, 6.45) is 3.79. The largest absolute Gasteiger partial charge is 0.276 e. The van der Waals surface area contributed by atoms with Crippen LogP contribution in [0.2, 0.25) is 0 Å². The monoisotopic (exact) mass is 318 g/mol. The lowest BCUT2D eigenvalue weighted by Crippen LogP contribution is -2.05. The van der Waals surface area contributed by atoms with Gasteiger partial charge in [0, 0.05) is 0 Å². The molecule has 0 aliphatic heterocycles. The molecule has 1 rings (SSSR count). The molecular weight excluding hydrogens is 304 g/mol. The molecule has 0 atom stereocenters. The number of halogens is 1. The van der Waals surface area contributed by atoms with Gasteiger partial charge in [0.15, 0.2) is 0 Å². The van der Waals surface area contributed by atoms with Crippen LogP contribution in [-0.2, 0) is 37.5 Å². The van der Waals surface area contributed by atoms with E-state index in [1.165, 1.54) is 6.08 Å². The Kier molecular flexibility index (Phi) is 8.79. The summed E-state index contributed by atoms with van der Waals surface area (Å²) in [5, 5.41) is 22.8.